The number of hydrogen-bond acceptors (Lipinski definition) is 5. The number of carbonyl (C=O) groups excluding carboxylic acids is 3. The smallest absolute Gasteiger partial charge is 0.421 e. The van der Waals surface area contributed by atoms with Crippen molar-refractivity contribution in [3.63, 3.8) is 0 Å². The van der Waals surface area contributed by atoms with Crippen molar-refractivity contribution >= 4 is 34.7 Å². The van der Waals surface area contributed by atoms with Crippen molar-refractivity contribution in [1.29, 1.82) is 0 Å². The van der Waals surface area contributed by atoms with Crippen molar-refractivity contribution in [3.05, 3.63) is 65.4 Å². The van der Waals surface area contributed by atoms with Crippen molar-refractivity contribution in [2.75, 3.05) is 18.1 Å². The summed E-state index contributed by atoms with van der Waals surface area (Å²) in [5.74, 6) is -0.566. The van der Waals surface area contributed by atoms with E-state index in [0.29, 0.717) is 23.4 Å². The number of fused-ring (bicyclic) bond motifs is 6. The summed E-state index contributed by atoms with van der Waals surface area (Å²) in [5.41, 5.74) is 0.933. The Kier molecular flexibility index (Phi) is 4.93. The third-order valence-corrected chi connectivity index (χ3v) is 6.28. The van der Waals surface area contributed by atoms with Gasteiger partial charge in [0.15, 0.2) is 5.54 Å². The highest BCUT2D eigenvalue weighted by atomic mass is 16.6. The van der Waals surface area contributed by atoms with E-state index >= 15 is 0 Å². The molecule has 34 heavy (non-hydrogen) atoms. The first kappa shape index (κ1) is 22.0. The van der Waals surface area contributed by atoms with Crippen LogP contribution in [0.5, 0.6) is 0 Å². The Bertz CT molecular complexity index is 1320. The van der Waals surface area contributed by atoms with E-state index in [-0.39, 0.29) is 13.2 Å². The van der Waals surface area contributed by atoms with Crippen molar-refractivity contribution in [3.8, 4) is 0 Å². The average Bonchev–Trinajstić information content (AvgIpc) is 3.28. The van der Waals surface area contributed by atoms with Gasteiger partial charge in [-0.3, -0.25) is 9.69 Å². The zero-order valence-corrected chi connectivity index (χ0v) is 19.7. The van der Waals surface area contributed by atoms with Gasteiger partial charge in [0.05, 0.1) is 18.0 Å². The molecule has 2 aliphatic heterocycles. The molecule has 0 saturated carbocycles. The summed E-state index contributed by atoms with van der Waals surface area (Å²) < 4.78 is 11.0. The predicted octanol–water partition coefficient (Wildman–Crippen LogP) is 4.71. The highest BCUT2D eigenvalue weighted by Crippen LogP contribution is 2.52. The predicted molar refractivity (Wildman–Crippen MR) is 127 cm³/mol. The molecule has 0 saturated heterocycles. The van der Waals surface area contributed by atoms with Crippen molar-refractivity contribution in [1.82, 2.24) is 9.88 Å². The number of aromatic amines is 1. The van der Waals surface area contributed by atoms with Crippen molar-refractivity contribution in [2.24, 2.45) is 0 Å². The zero-order valence-electron chi connectivity index (χ0n) is 19.7. The number of H-pyrrole nitrogens is 1. The Morgan fingerprint density at radius 2 is 1.76 bits per heavy atom. The molecule has 0 radical (unpaired) electrons. The van der Waals surface area contributed by atoms with Crippen LogP contribution in [0.15, 0.2) is 48.5 Å². The second-order valence-corrected chi connectivity index (χ2v) is 9.47. The van der Waals surface area contributed by atoms with Crippen LogP contribution >= 0.6 is 0 Å². The quantitative estimate of drug-likeness (QED) is 0.567. The lowest BCUT2D eigenvalue weighted by Crippen LogP contribution is -2.60. The summed E-state index contributed by atoms with van der Waals surface area (Å²) in [6, 6.07) is 14.8. The minimum atomic E-state index is -1.58. The maximum absolute atomic E-state index is 14.4. The van der Waals surface area contributed by atoms with E-state index in [9.17, 15) is 14.4 Å². The zero-order chi connectivity index (χ0) is 24.3. The summed E-state index contributed by atoms with van der Waals surface area (Å²) in [6.07, 6.45) is -0.850. The Morgan fingerprint density at radius 3 is 2.50 bits per heavy atom. The fourth-order valence-corrected chi connectivity index (χ4v) is 5.08. The Morgan fingerprint density at radius 1 is 1.06 bits per heavy atom. The molecule has 1 aromatic heterocycles. The molecule has 3 amide bonds. The van der Waals surface area contributed by atoms with Crippen LogP contribution in [0.4, 0.5) is 15.3 Å². The molecular weight excluding hydrogens is 434 g/mol. The van der Waals surface area contributed by atoms with E-state index in [1.54, 1.807) is 52.0 Å². The summed E-state index contributed by atoms with van der Waals surface area (Å²) in [4.78, 5) is 46.8. The number of nitrogens with one attached hydrogen (secondary N) is 1. The lowest BCUT2D eigenvalue weighted by atomic mass is 9.80. The van der Waals surface area contributed by atoms with Crippen LogP contribution in [-0.4, -0.2) is 46.7 Å². The minimum absolute atomic E-state index is 0.163. The summed E-state index contributed by atoms with van der Waals surface area (Å²) in [5, 5.41) is 0.987. The van der Waals surface area contributed by atoms with Gasteiger partial charge in [-0.25, -0.2) is 14.5 Å². The van der Waals surface area contributed by atoms with Gasteiger partial charge in [-0.15, -0.1) is 0 Å². The summed E-state index contributed by atoms with van der Waals surface area (Å²) in [6.45, 7) is 7.38. The average molecular weight is 462 g/mol. The van der Waals surface area contributed by atoms with E-state index in [2.05, 4.69) is 4.98 Å². The van der Waals surface area contributed by atoms with Crippen LogP contribution in [0, 0.1) is 0 Å². The van der Waals surface area contributed by atoms with E-state index in [4.69, 9.17) is 9.47 Å². The molecule has 0 fully saturated rings. The number of carbonyl (C=O) groups is 3. The number of hydrogen-bond donors (Lipinski definition) is 1. The number of aromatic nitrogens is 1. The molecule has 8 heteroatoms. The van der Waals surface area contributed by atoms with Gasteiger partial charge in [-0.05, 0) is 51.8 Å². The van der Waals surface area contributed by atoms with Crippen LogP contribution in [0.1, 0.15) is 44.5 Å². The molecule has 0 unspecified atom stereocenters. The molecule has 1 spiro atoms. The number of imide groups is 1. The monoisotopic (exact) mass is 461 g/mol. The van der Waals surface area contributed by atoms with Gasteiger partial charge in [0.2, 0.25) is 0 Å². The van der Waals surface area contributed by atoms with E-state index in [0.717, 1.165) is 21.4 Å². The van der Waals surface area contributed by atoms with Crippen LogP contribution in [-0.2, 0) is 26.2 Å². The lowest BCUT2D eigenvalue weighted by Gasteiger charge is -2.42. The van der Waals surface area contributed by atoms with Crippen molar-refractivity contribution in [2.45, 2.75) is 45.3 Å². The lowest BCUT2D eigenvalue weighted by molar-refractivity contribution is -0.127. The number of para-hydroxylation sites is 2. The molecule has 5 rings (SSSR count). The van der Waals surface area contributed by atoms with Crippen LogP contribution < -0.4 is 4.90 Å². The van der Waals surface area contributed by atoms with Gasteiger partial charge in [0, 0.05) is 23.0 Å². The maximum Gasteiger partial charge on any atom is 0.421 e. The van der Waals surface area contributed by atoms with E-state index in [1.165, 1.54) is 4.90 Å². The van der Waals surface area contributed by atoms with Gasteiger partial charge in [0.25, 0.3) is 5.91 Å². The Labute approximate surface area is 197 Å². The molecule has 3 aromatic rings. The molecular formula is C26H27N3O5. The SMILES string of the molecule is CCOC(=O)N1CCc2c([nH]c3ccccc23)[C@]12C(=O)N(C(=O)OC(C)(C)C)c1ccccc12. The standard InChI is InChI=1S/C26H27N3O5/c1-5-33-23(31)28-15-14-17-16-10-6-8-12-19(16)27-21(17)26(28)18-11-7-9-13-20(18)29(22(26)30)24(32)34-25(2,3)4/h6-13,27H,5,14-15H2,1-4H3/t26-/m1/s1. The molecule has 0 aliphatic carbocycles. The number of anilines is 1. The van der Waals surface area contributed by atoms with Crippen LogP contribution in [0.2, 0.25) is 0 Å². The molecule has 1 N–H and O–H groups in total. The first-order valence-corrected chi connectivity index (χ1v) is 11.4. The molecule has 176 valence electrons. The first-order chi connectivity index (χ1) is 16.2. The van der Waals surface area contributed by atoms with Crippen LogP contribution in [0.25, 0.3) is 10.9 Å². The number of benzene rings is 2. The van der Waals surface area contributed by atoms with Gasteiger partial charge in [-0.1, -0.05) is 36.4 Å². The van der Waals surface area contributed by atoms with E-state index in [1.807, 2.05) is 24.3 Å². The molecule has 3 heterocycles. The Balaban J connectivity index is 1.80. The minimum Gasteiger partial charge on any atom is -0.450 e. The molecule has 8 nitrogen and oxygen atoms in total. The highest BCUT2D eigenvalue weighted by molar-refractivity contribution is 6.23. The van der Waals surface area contributed by atoms with Gasteiger partial charge in [-0.2, -0.15) is 0 Å². The summed E-state index contributed by atoms with van der Waals surface area (Å²) >= 11 is 0. The first-order valence-electron chi connectivity index (χ1n) is 11.4. The largest absolute Gasteiger partial charge is 0.450 e. The third-order valence-electron chi connectivity index (χ3n) is 6.28. The normalized spacial score (nSPS) is 19.4. The fourth-order valence-electron chi connectivity index (χ4n) is 5.08. The third kappa shape index (κ3) is 3.01. The molecule has 2 aliphatic rings. The van der Waals surface area contributed by atoms with Gasteiger partial charge in [0.1, 0.15) is 5.60 Å². The van der Waals surface area contributed by atoms with Crippen LogP contribution in [0.3, 0.4) is 0 Å². The van der Waals surface area contributed by atoms with Gasteiger partial charge >= 0.3 is 12.2 Å². The number of nitrogens with zero attached hydrogens (tertiary/aromatic N) is 2. The Hall–Kier alpha value is -3.81. The molecule has 2 aromatic carbocycles. The highest BCUT2D eigenvalue weighted by Gasteiger charge is 2.63. The number of ether oxygens (including phenoxy) is 2. The summed E-state index contributed by atoms with van der Waals surface area (Å²) in [7, 11) is 0. The second kappa shape index (κ2) is 7.62. The fraction of sp³-hybridized carbons (Fsp3) is 0.346. The topological polar surface area (TPSA) is 91.9 Å². The molecule has 0 bridgehead atoms. The molecule has 1 atom stereocenters. The van der Waals surface area contributed by atoms with Gasteiger partial charge < -0.3 is 14.5 Å². The van der Waals surface area contributed by atoms with Crippen molar-refractivity contribution < 1.29 is 23.9 Å². The van der Waals surface area contributed by atoms with E-state index < -0.39 is 29.2 Å². The number of rotatable bonds is 1. The number of amides is 3. The maximum atomic E-state index is 14.4. The second-order valence-electron chi connectivity index (χ2n) is 9.47.